The predicted molar refractivity (Wildman–Crippen MR) is 380 cm³/mol. The van der Waals surface area contributed by atoms with Gasteiger partial charge in [-0.15, -0.1) is 0 Å². The Morgan fingerprint density at radius 2 is 0.800 bits per heavy atom. The van der Waals surface area contributed by atoms with E-state index in [9.17, 15) is 35.1 Å². The number of allylic oxidation sites excluding steroid dienone is 9. The third-order valence-electron chi connectivity index (χ3n) is 18.2. The van der Waals surface area contributed by atoms with Crippen LogP contribution in [0.5, 0.6) is 0 Å². The van der Waals surface area contributed by atoms with Crippen LogP contribution >= 0.6 is 0 Å². The lowest BCUT2D eigenvalue weighted by Crippen LogP contribution is -2.60. The largest absolute Gasteiger partial charge is 0.466 e. The van der Waals surface area contributed by atoms with Crippen molar-refractivity contribution in [2.75, 3.05) is 19.8 Å². The molecule has 0 aromatic heterocycles. The van der Waals surface area contributed by atoms with Crippen molar-refractivity contribution >= 4 is 11.9 Å². The van der Waals surface area contributed by atoms with E-state index in [4.69, 9.17) is 14.2 Å². The summed E-state index contributed by atoms with van der Waals surface area (Å²) in [6.07, 6.45) is 81.4. The van der Waals surface area contributed by atoms with Crippen molar-refractivity contribution in [2.45, 2.75) is 410 Å². The average molecular weight is 1270 g/mol. The van der Waals surface area contributed by atoms with Crippen LogP contribution in [0.15, 0.2) is 60.8 Å². The highest BCUT2D eigenvalue weighted by Gasteiger charge is 2.44. The van der Waals surface area contributed by atoms with Crippen LogP contribution in [0.2, 0.25) is 0 Å². The highest BCUT2D eigenvalue weighted by molar-refractivity contribution is 5.76. The number of aliphatic hydroxyl groups excluding tert-OH is 5. The summed E-state index contributed by atoms with van der Waals surface area (Å²) in [4.78, 5) is 25.1. The Hall–Kier alpha value is -2.64. The Morgan fingerprint density at radius 1 is 0.433 bits per heavy atom. The Kier molecular flexibility index (Phi) is 64.3. The Bertz CT molecular complexity index is 1680. The van der Waals surface area contributed by atoms with E-state index in [0.717, 1.165) is 64.2 Å². The van der Waals surface area contributed by atoms with Gasteiger partial charge in [0.1, 0.15) is 24.4 Å². The number of amides is 1. The first-order valence-corrected chi connectivity index (χ1v) is 38.5. The van der Waals surface area contributed by atoms with Crippen molar-refractivity contribution in [3.05, 3.63) is 60.8 Å². The molecule has 526 valence electrons. The molecule has 7 atom stereocenters. The van der Waals surface area contributed by atoms with Gasteiger partial charge in [-0.1, -0.05) is 331 Å². The molecule has 0 radical (unpaired) electrons. The number of unbranched alkanes of at least 4 members (excludes halogenated alkanes) is 47. The van der Waals surface area contributed by atoms with Gasteiger partial charge < -0.3 is 45.1 Å². The minimum absolute atomic E-state index is 0.0143. The summed E-state index contributed by atoms with van der Waals surface area (Å²) in [7, 11) is 0. The number of carbonyl (C=O) groups is 2. The first-order valence-electron chi connectivity index (χ1n) is 38.5. The summed E-state index contributed by atoms with van der Waals surface area (Å²) in [6, 6.07) is -0.832. The second-order valence-electron chi connectivity index (χ2n) is 26.7. The van der Waals surface area contributed by atoms with Gasteiger partial charge in [0.25, 0.3) is 0 Å². The van der Waals surface area contributed by atoms with Gasteiger partial charge in [-0.05, 0) is 84.0 Å². The number of carbonyl (C=O) groups excluding carboxylic acids is 2. The molecule has 0 aromatic rings. The highest BCUT2D eigenvalue weighted by atomic mass is 16.7. The van der Waals surface area contributed by atoms with Crippen molar-refractivity contribution in [1.82, 2.24) is 5.32 Å². The van der Waals surface area contributed by atoms with E-state index >= 15 is 0 Å². The summed E-state index contributed by atoms with van der Waals surface area (Å²) in [5, 5.41) is 54.3. The number of aliphatic hydroxyl groups is 5. The van der Waals surface area contributed by atoms with Crippen LogP contribution in [-0.4, -0.2) is 100 Å². The smallest absolute Gasteiger partial charge is 0.305 e. The maximum absolute atomic E-state index is 13.0. The zero-order valence-electron chi connectivity index (χ0n) is 58.6. The van der Waals surface area contributed by atoms with Gasteiger partial charge in [0, 0.05) is 12.8 Å². The monoisotopic (exact) mass is 1270 g/mol. The van der Waals surface area contributed by atoms with Crippen LogP contribution in [-0.2, 0) is 23.8 Å². The normalized spacial score (nSPS) is 18.0. The Balaban J connectivity index is 1.87. The number of esters is 1. The topological polar surface area (TPSA) is 175 Å². The van der Waals surface area contributed by atoms with Crippen molar-refractivity contribution < 1.29 is 49.3 Å². The molecule has 1 rings (SSSR count). The highest BCUT2D eigenvalue weighted by Crippen LogP contribution is 2.24. The first-order chi connectivity index (χ1) is 44.2. The van der Waals surface area contributed by atoms with E-state index < -0.39 is 49.5 Å². The molecule has 7 unspecified atom stereocenters. The van der Waals surface area contributed by atoms with E-state index in [1.165, 1.54) is 276 Å². The second kappa shape index (κ2) is 67.8. The number of rotatable bonds is 68. The van der Waals surface area contributed by atoms with Crippen molar-refractivity contribution in [1.29, 1.82) is 0 Å². The average Bonchev–Trinajstić information content (AvgIpc) is 0.957. The Morgan fingerprint density at radius 3 is 1.22 bits per heavy atom. The summed E-state index contributed by atoms with van der Waals surface area (Å²) in [5.74, 6) is -0.182. The van der Waals surface area contributed by atoms with Crippen LogP contribution in [0, 0.1) is 0 Å². The molecule has 1 saturated heterocycles. The standard InChI is InChI=1S/C79H145NO10/c1-3-5-7-9-11-13-14-15-16-17-38-41-44-47-51-55-59-63-67-75(84)88-68-64-60-56-52-48-45-42-39-36-34-32-30-28-26-24-22-20-18-19-21-23-25-27-29-31-33-35-37-40-43-46-50-54-58-62-66-74(83)80-71(72(82)65-61-57-53-49-12-10-8-6-4-2)70-89-79-78(87)77(86)76(85)73(69-81)90-79/h4,6,12,20,22,26,28,49,61,65,71-73,76-79,81-82,85-87H,3,5,7-11,13-19,21,23-25,27,29-48,50-60,62-64,66-70H2,1-2H3,(H,80,83)/b6-4+,22-20-,28-26-,49-12+,65-61+. The fourth-order valence-corrected chi connectivity index (χ4v) is 12.2. The van der Waals surface area contributed by atoms with Gasteiger partial charge in [0.05, 0.1) is 32.0 Å². The molecule has 1 heterocycles. The fourth-order valence-electron chi connectivity index (χ4n) is 12.2. The van der Waals surface area contributed by atoms with Crippen LogP contribution in [0.4, 0.5) is 0 Å². The van der Waals surface area contributed by atoms with Gasteiger partial charge in [-0.25, -0.2) is 0 Å². The lowest BCUT2D eigenvalue weighted by atomic mass is 9.99. The lowest BCUT2D eigenvalue weighted by molar-refractivity contribution is -0.302. The number of ether oxygens (including phenoxy) is 3. The van der Waals surface area contributed by atoms with Crippen LogP contribution in [0.25, 0.3) is 0 Å². The molecule has 90 heavy (non-hydrogen) atoms. The molecule has 0 bridgehead atoms. The van der Waals surface area contributed by atoms with Crippen molar-refractivity contribution in [2.24, 2.45) is 0 Å². The maximum Gasteiger partial charge on any atom is 0.305 e. The van der Waals surface area contributed by atoms with Crippen LogP contribution in [0.1, 0.15) is 367 Å². The molecule has 0 aromatic carbocycles. The third kappa shape index (κ3) is 55.8. The quantitative estimate of drug-likeness (QED) is 0.0195. The first kappa shape index (κ1) is 85.4. The molecule has 0 saturated carbocycles. The molecular formula is C79H145NO10. The van der Waals surface area contributed by atoms with Crippen molar-refractivity contribution in [3.63, 3.8) is 0 Å². The van der Waals surface area contributed by atoms with E-state index in [-0.39, 0.29) is 18.5 Å². The Labute approximate surface area is 554 Å². The summed E-state index contributed by atoms with van der Waals surface area (Å²) < 4.78 is 16.7. The minimum atomic E-state index is -1.58. The number of nitrogens with one attached hydrogen (secondary N) is 1. The zero-order valence-corrected chi connectivity index (χ0v) is 58.6. The molecule has 6 N–H and O–H groups in total. The van der Waals surface area contributed by atoms with Gasteiger partial charge >= 0.3 is 5.97 Å². The van der Waals surface area contributed by atoms with Gasteiger partial charge in [-0.2, -0.15) is 0 Å². The maximum atomic E-state index is 13.0. The van der Waals surface area contributed by atoms with E-state index in [0.29, 0.717) is 19.4 Å². The summed E-state index contributed by atoms with van der Waals surface area (Å²) >= 11 is 0. The third-order valence-corrected chi connectivity index (χ3v) is 18.2. The molecule has 11 heteroatoms. The van der Waals surface area contributed by atoms with E-state index in [1.807, 2.05) is 19.1 Å². The fraction of sp³-hybridized carbons (Fsp3) is 0.848. The van der Waals surface area contributed by atoms with Gasteiger partial charge in [0.2, 0.25) is 5.91 Å². The SMILES string of the molecule is C/C=C/CC/C=C/CC/C=C/C(O)C(COC1OC(CO)C(O)C(O)C1O)NC(=O)CCCCCCCCCCCCCCCCCCC/C=C\C/C=C\CCCCCCCCCCCCCOC(=O)CCCCCCCCCCCCCCCCCCCC. The molecule has 1 aliphatic rings. The molecule has 11 nitrogen and oxygen atoms in total. The molecule has 0 aliphatic carbocycles. The number of hydrogen-bond donors (Lipinski definition) is 6. The molecule has 1 fully saturated rings. The van der Waals surface area contributed by atoms with Crippen LogP contribution < -0.4 is 5.32 Å². The summed E-state index contributed by atoms with van der Waals surface area (Å²) in [5.41, 5.74) is 0. The van der Waals surface area contributed by atoms with Gasteiger partial charge in [0.15, 0.2) is 6.29 Å². The van der Waals surface area contributed by atoms with Gasteiger partial charge in [-0.3, -0.25) is 9.59 Å². The lowest BCUT2D eigenvalue weighted by Gasteiger charge is -2.40. The summed E-state index contributed by atoms with van der Waals surface area (Å²) in [6.45, 7) is 4.13. The van der Waals surface area contributed by atoms with E-state index in [1.54, 1.807) is 6.08 Å². The van der Waals surface area contributed by atoms with E-state index in [2.05, 4.69) is 54.8 Å². The molecule has 0 spiro atoms. The van der Waals surface area contributed by atoms with Crippen molar-refractivity contribution in [3.8, 4) is 0 Å². The predicted octanol–water partition coefficient (Wildman–Crippen LogP) is 20.5. The zero-order chi connectivity index (χ0) is 65.1. The molecule has 1 aliphatic heterocycles. The van der Waals surface area contributed by atoms with Crippen LogP contribution in [0.3, 0.4) is 0 Å². The minimum Gasteiger partial charge on any atom is -0.466 e. The molecular weight excluding hydrogens is 1120 g/mol. The second-order valence-corrected chi connectivity index (χ2v) is 26.7. The number of hydrogen-bond acceptors (Lipinski definition) is 10. The molecule has 1 amide bonds.